The van der Waals surface area contributed by atoms with E-state index in [1.165, 1.54) is 6.20 Å². The Hall–Kier alpha value is -1.79. The van der Waals surface area contributed by atoms with E-state index in [2.05, 4.69) is 10.1 Å². The lowest BCUT2D eigenvalue weighted by molar-refractivity contribution is -0.141. The van der Waals surface area contributed by atoms with Crippen LogP contribution < -0.4 is 5.56 Å². The van der Waals surface area contributed by atoms with Crippen molar-refractivity contribution in [1.82, 2.24) is 14.6 Å². The highest BCUT2D eigenvalue weighted by Gasteiger charge is 2.33. The second kappa shape index (κ2) is 3.36. The van der Waals surface area contributed by atoms with Crippen molar-refractivity contribution in [2.75, 3.05) is 0 Å². The second-order valence-electron chi connectivity index (χ2n) is 3.29. The molecule has 0 saturated heterocycles. The standard InChI is InChI=1S/C9H8F3N3O/c1-2-5-4-13-15-7(16)3-6(9(10,11)12)14-8(5)15/h3-4,13H,2H2,1H3. The summed E-state index contributed by atoms with van der Waals surface area (Å²) in [6.45, 7) is 1.77. The molecule has 4 nitrogen and oxygen atoms in total. The van der Waals surface area contributed by atoms with Crippen molar-refractivity contribution in [2.45, 2.75) is 19.5 Å². The van der Waals surface area contributed by atoms with E-state index in [1.807, 2.05) is 0 Å². The highest BCUT2D eigenvalue weighted by molar-refractivity contribution is 5.46. The topological polar surface area (TPSA) is 50.2 Å². The van der Waals surface area contributed by atoms with E-state index >= 15 is 0 Å². The third-order valence-corrected chi connectivity index (χ3v) is 2.25. The molecule has 2 heterocycles. The lowest BCUT2D eigenvalue weighted by Gasteiger charge is -2.05. The van der Waals surface area contributed by atoms with Gasteiger partial charge in [0.05, 0.1) is 0 Å². The molecule has 0 atom stereocenters. The van der Waals surface area contributed by atoms with Gasteiger partial charge in [0.15, 0.2) is 11.3 Å². The van der Waals surface area contributed by atoms with E-state index < -0.39 is 17.4 Å². The zero-order chi connectivity index (χ0) is 11.9. The van der Waals surface area contributed by atoms with Crippen LogP contribution in [0.5, 0.6) is 0 Å². The third kappa shape index (κ3) is 1.58. The molecule has 0 amide bonds. The molecule has 0 spiro atoms. The molecule has 0 aromatic carbocycles. The summed E-state index contributed by atoms with van der Waals surface area (Å²) < 4.78 is 38.2. The fourth-order valence-electron chi connectivity index (χ4n) is 1.43. The van der Waals surface area contributed by atoms with Gasteiger partial charge in [0.1, 0.15) is 0 Å². The van der Waals surface area contributed by atoms with Crippen molar-refractivity contribution < 1.29 is 13.2 Å². The first-order chi connectivity index (χ1) is 7.43. The number of fused-ring (bicyclic) bond motifs is 1. The molecule has 0 unspecified atom stereocenters. The second-order valence-corrected chi connectivity index (χ2v) is 3.29. The summed E-state index contributed by atoms with van der Waals surface area (Å²) in [5.41, 5.74) is -1.32. The molecule has 0 aliphatic heterocycles. The zero-order valence-corrected chi connectivity index (χ0v) is 8.30. The van der Waals surface area contributed by atoms with Crippen LogP contribution in [0.4, 0.5) is 13.2 Å². The molecule has 7 heteroatoms. The Labute approximate surface area is 87.7 Å². The number of rotatable bonds is 1. The van der Waals surface area contributed by atoms with E-state index in [0.717, 1.165) is 4.52 Å². The maximum Gasteiger partial charge on any atom is 0.433 e. The van der Waals surface area contributed by atoms with Crippen LogP contribution in [0.25, 0.3) is 5.65 Å². The van der Waals surface area contributed by atoms with E-state index in [9.17, 15) is 18.0 Å². The van der Waals surface area contributed by atoms with Crippen molar-refractivity contribution in [1.29, 1.82) is 0 Å². The summed E-state index contributed by atoms with van der Waals surface area (Å²) in [6, 6.07) is 0.475. The van der Waals surface area contributed by atoms with Gasteiger partial charge in [0.2, 0.25) is 0 Å². The van der Waals surface area contributed by atoms with Crippen LogP contribution in [0.1, 0.15) is 18.2 Å². The number of aromatic nitrogens is 3. The number of hydrogen-bond donors (Lipinski definition) is 1. The largest absolute Gasteiger partial charge is 0.433 e. The average Bonchev–Trinajstić information content (AvgIpc) is 2.59. The maximum absolute atomic E-state index is 12.4. The van der Waals surface area contributed by atoms with E-state index in [-0.39, 0.29) is 5.65 Å². The fourth-order valence-corrected chi connectivity index (χ4v) is 1.43. The van der Waals surface area contributed by atoms with Gasteiger partial charge in [0, 0.05) is 17.8 Å². The predicted octanol–water partition coefficient (Wildman–Crippen LogP) is 1.60. The average molecular weight is 231 g/mol. The van der Waals surface area contributed by atoms with Gasteiger partial charge >= 0.3 is 6.18 Å². The van der Waals surface area contributed by atoms with E-state index in [0.29, 0.717) is 18.1 Å². The molecule has 0 aliphatic carbocycles. The van der Waals surface area contributed by atoms with Crippen LogP contribution >= 0.6 is 0 Å². The van der Waals surface area contributed by atoms with Gasteiger partial charge in [-0.2, -0.15) is 13.2 Å². The maximum atomic E-state index is 12.4. The van der Waals surface area contributed by atoms with Crippen LogP contribution in [-0.4, -0.2) is 14.6 Å². The Balaban J connectivity index is 2.78. The Kier molecular flexibility index (Phi) is 2.25. The number of aryl methyl sites for hydroxylation is 1. The Morgan fingerprint density at radius 2 is 2.19 bits per heavy atom. The Morgan fingerprint density at radius 3 is 2.75 bits per heavy atom. The van der Waals surface area contributed by atoms with Gasteiger partial charge < -0.3 is 0 Å². The molecule has 86 valence electrons. The molecule has 0 fully saturated rings. The molecule has 2 rings (SSSR count). The number of H-pyrrole nitrogens is 1. The summed E-state index contributed by atoms with van der Waals surface area (Å²) in [5.74, 6) is 0. The monoisotopic (exact) mass is 231 g/mol. The molecule has 2 aromatic rings. The van der Waals surface area contributed by atoms with Gasteiger partial charge in [0.25, 0.3) is 5.56 Å². The summed E-state index contributed by atoms with van der Waals surface area (Å²) in [5, 5.41) is 2.56. The summed E-state index contributed by atoms with van der Waals surface area (Å²) in [4.78, 5) is 14.8. The quantitative estimate of drug-likeness (QED) is 0.810. The van der Waals surface area contributed by atoms with Crippen molar-refractivity contribution >= 4 is 5.65 Å². The van der Waals surface area contributed by atoms with E-state index in [1.54, 1.807) is 6.92 Å². The van der Waals surface area contributed by atoms with Gasteiger partial charge in [-0.15, -0.1) is 0 Å². The van der Waals surface area contributed by atoms with Crippen LogP contribution in [0.2, 0.25) is 0 Å². The molecule has 0 radical (unpaired) electrons. The minimum atomic E-state index is -4.60. The smallest absolute Gasteiger partial charge is 0.297 e. The van der Waals surface area contributed by atoms with Gasteiger partial charge in [-0.25, -0.2) is 9.50 Å². The molecule has 16 heavy (non-hydrogen) atoms. The van der Waals surface area contributed by atoms with Crippen molar-refractivity contribution in [2.24, 2.45) is 0 Å². The lowest BCUT2D eigenvalue weighted by Crippen LogP contribution is -2.20. The molecule has 1 N–H and O–H groups in total. The van der Waals surface area contributed by atoms with Crippen LogP contribution in [-0.2, 0) is 12.6 Å². The fraction of sp³-hybridized carbons (Fsp3) is 0.333. The Morgan fingerprint density at radius 1 is 1.50 bits per heavy atom. The molecular weight excluding hydrogens is 223 g/mol. The highest BCUT2D eigenvalue weighted by Crippen LogP contribution is 2.27. The van der Waals surface area contributed by atoms with Crippen molar-refractivity contribution in [3.63, 3.8) is 0 Å². The normalized spacial score (nSPS) is 12.2. The number of hydrogen-bond acceptors (Lipinski definition) is 2. The first-order valence-corrected chi connectivity index (χ1v) is 4.60. The minimum Gasteiger partial charge on any atom is -0.297 e. The summed E-state index contributed by atoms with van der Waals surface area (Å²) >= 11 is 0. The molecule has 0 bridgehead atoms. The third-order valence-electron chi connectivity index (χ3n) is 2.25. The number of nitrogens with zero attached hydrogens (tertiary/aromatic N) is 2. The number of alkyl halides is 3. The van der Waals surface area contributed by atoms with Crippen molar-refractivity contribution in [3.8, 4) is 0 Å². The molecule has 2 aromatic heterocycles. The minimum absolute atomic E-state index is 0.0299. The number of aromatic amines is 1. The van der Waals surface area contributed by atoms with Crippen molar-refractivity contribution in [3.05, 3.63) is 33.9 Å². The van der Waals surface area contributed by atoms with Crippen LogP contribution in [0.15, 0.2) is 17.1 Å². The van der Waals surface area contributed by atoms with Crippen LogP contribution in [0, 0.1) is 0 Å². The molecule has 0 saturated carbocycles. The highest BCUT2D eigenvalue weighted by atomic mass is 19.4. The lowest BCUT2D eigenvalue weighted by atomic mass is 10.2. The van der Waals surface area contributed by atoms with Gasteiger partial charge in [-0.3, -0.25) is 9.89 Å². The zero-order valence-electron chi connectivity index (χ0n) is 8.30. The summed E-state index contributed by atoms with van der Waals surface area (Å²) in [7, 11) is 0. The number of halogens is 3. The Bertz CT molecular complexity index is 582. The molecular formula is C9H8F3N3O. The van der Waals surface area contributed by atoms with E-state index in [4.69, 9.17) is 0 Å². The van der Waals surface area contributed by atoms with Gasteiger partial charge in [-0.05, 0) is 6.42 Å². The SMILES string of the molecule is CCc1c[nH]n2c(=O)cc(C(F)(F)F)nc12. The first kappa shape index (κ1) is 10.7. The first-order valence-electron chi connectivity index (χ1n) is 4.60. The predicted molar refractivity (Wildman–Crippen MR) is 50.2 cm³/mol. The van der Waals surface area contributed by atoms with Crippen LogP contribution in [0.3, 0.4) is 0 Å². The van der Waals surface area contributed by atoms with Gasteiger partial charge in [-0.1, -0.05) is 6.92 Å². The molecule has 0 aliphatic rings. The number of nitrogens with one attached hydrogen (secondary N) is 1. The summed E-state index contributed by atoms with van der Waals surface area (Å²) in [6.07, 6.45) is -2.62.